The van der Waals surface area contributed by atoms with Crippen LogP contribution >= 0.6 is 0 Å². The van der Waals surface area contributed by atoms with Crippen LogP contribution in [0.1, 0.15) is 37.8 Å². The largest absolute Gasteiger partial charge is 0.508 e. The highest BCUT2D eigenvalue weighted by Crippen LogP contribution is 2.30. The van der Waals surface area contributed by atoms with Crippen LogP contribution in [0.2, 0.25) is 0 Å². The van der Waals surface area contributed by atoms with E-state index in [2.05, 4.69) is 13.8 Å². The maximum absolute atomic E-state index is 9.66. The Kier molecular flexibility index (Phi) is 3.81. The lowest BCUT2D eigenvalue weighted by Gasteiger charge is -2.11. The summed E-state index contributed by atoms with van der Waals surface area (Å²) < 4.78 is 0. The average molecular weight is 194 g/mol. The summed E-state index contributed by atoms with van der Waals surface area (Å²) in [6.45, 7) is 4.14. The lowest BCUT2D eigenvalue weighted by Crippen LogP contribution is -1.95. The van der Waals surface area contributed by atoms with E-state index in [1.54, 1.807) is 12.1 Å². The Labute approximate surface area is 85.2 Å². The van der Waals surface area contributed by atoms with Gasteiger partial charge in [0.15, 0.2) is 0 Å². The maximum atomic E-state index is 9.66. The van der Waals surface area contributed by atoms with Crippen molar-refractivity contribution in [1.29, 1.82) is 0 Å². The van der Waals surface area contributed by atoms with Crippen LogP contribution in [0.4, 0.5) is 0 Å². The van der Waals surface area contributed by atoms with Crippen LogP contribution in [0.3, 0.4) is 0 Å². The summed E-state index contributed by atoms with van der Waals surface area (Å²) in [7, 11) is 0. The number of hydrogen-bond acceptors (Lipinski definition) is 2. The van der Waals surface area contributed by atoms with Crippen molar-refractivity contribution in [2.45, 2.75) is 39.5 Å². The van der Waals surface area contributed by atoms with E-state index < -0.39 is 0 Å². The third kappa shape index (κ3) is 2.19. The van der Waals surface area contributed by atoms with Gasteiger partial charge >= 0.3 is 0 Å². The second-order valence-corrected chi connectivity index (χ2v) is 3.56. The lowest BCUT2D eigenvalue weighted by atomic mass is 9.97. The maximum Gasteiger partial charge on any atom is 0.119 e. The van der Waals surface area contributed by atoms with Gasteiger partial charge in [0.25, 0.3) is 0 Å². The molecule has 0 aromatic heterocycles. The van der Waals surface area contributed by atoms with Crippen molar-refractivity contribution < 1.29 is 10.2 Å². The first-order valence-corrected chi connectivity index (χ1v) is 5.23. The van der Waals surface area contributed by atoms with E-state index in [1.807, 2.05) is 0 Å². The summed E-state index contributed by atoms with van der Waals surface area (Å²) in [4.78, 5) is 0. The van der Waals surface area contributed by atoms with Crippen molar-refractivity contribution in [3.05, 3.63) is 23.3 Å². The molecule has 2 nitrogen and oxygen atoms in total. The van der Waals surface area contributed by atoms with Gasteiger partial charge in [0, 0.05) is 11.1 Å². The molecule has 78 valence electrons. The Morgan fingerprint density at radius 2 is 1.21 bits per heavy atom. The number of rotatable bonds is 4. The van der Waals surface area contributed by atoms with Crippen molar-refractivity contribution in [2.24, 2.45) is 0 Å². The van der Waals surface area contributed by atoms with Gasteiger partial charge in [-0.3, -0.25) is 0 Å². The van der Waals surface area contributed by atoms with Crippen LogP contribution in [0.25, 0.3) is 0 Å². The van der Waals surface area contributed by atoms with Crippen LogP contribution in [0.15, 0.2) is 12.1 Å². The SMILES string of the molecule is CCCc1c(O)ccc(O)c1CCC. The Bertz CT molecular complexity index is 274. The predicted octanol–water partition coefficient (Wildman–Crippen LogP) is 3.00. The molecule has 0 unspecified atom stereocenters. The highest BCUT2D eigenvalue weighted by atomic mass is 16.3. The molecule has 2 N–H and O–H groups in total. The number of hydrogen-bond donors (Lipinski definition) is 2. The molecule has 0 aliphatic rings. The normalized spacial score (nSPS) is 10.4. The molecule has 14 heavy (non-hydrogen) atoms. The van der Waals surface area contributed by atoms with Crippen LogP contribution in [0, 0.1) is 0 Å². The Hall–Kier alpha value is -1.18. The molecule has 2 heteroatoms. The number of benzene rings is 1. The average Bonchev–Trinajstić information content (AvgIpc) is 2.17. The zero-order valence-corrected chi connectivity index (χ0v) is 8.88. The van der Waals surface area contributed by atoms with Crippen molar-refractivity contribution >= 4 is 0 Å². The van der Waals surface area contributed by atoms with E-state index >= 15 is 0 Å². The molecule has 1 aromatic rings. The topological polar surface area (TPSA) is 40.5 Å². The van der Waals surface area contributed by atoms with Crippen molar-refractivity contribution in [2.75, 3.05) is 0 Å². The van der Waals surface area contributed by atoms with Gasteiger partial charge in [0.05, 0.1) is 0 Å². The first-order chi connectivity index (χ1) is 6.70. The van der Waals surface area contributed by atoms with E-state index in [0.717, 1.165) is 36.8 Å². The molecule has 0 fully saturated rings. The minimum Gasteiger partial charge on any atom is -0.508 e. The van der Waals surface area contributed by atoms with Crippen molar-refractivity contribution in [3.63, 3.8) is 0 Å². The molecule has 0 saturated heterocycles. The molecule has 0 radical (unpaired) electrons. The zero-order chi connectivity index (χ0) is 10.6. The molecular formula is C12H18O2. The van der Waals surface area contributed by atoms with E-state index in [-0.39, 0.29) is 0 Å². The minimum absolute atomic E-state index is 0.313. The van der Waals surface area contributed by atoms with Crippen LogP contribution in [-0.2, 0) is 12.8 Å². The number of aromatic hydroxyl groups is 2. The minimum atomic E-state index is 0.313. The van der Waals surface area contributed by atoms with Gasteiger partial charge in [-0.15, -0.1) is 0 Å². The molecule has 0 aliphatic carbocycles. The van der Waals surface area contributed by atoms with Crippen molar-refractivity contribution in [3.8, 4) is 11.5 Å². The zero-order valence-electron chi connectivity index (χ0n) is 8.88. The fourth-order valence-corrected chi connectivity index (χ4v) is 1.73. The molecule has 1 aromatic carbocycles. The van der Waals surface area contributed by atoms with Gasteiger partial charge < -0.3 is 10.2 Å². The third-order valence-corrected chi connectivity index (χ3v) is 2.38. The number of phenols is 2. The molecule has 0 amide bonds. The van der Waals surface area contributed by atoms with E-state index in [4.69, 9.17) is 0 Å². The Balaban J connectivity index is 3.12. The molecule has 1 rings (SSSR count). The molecule has 0 heterocycles. The summed E-state index contributed by atoms with van der Waals surface area (Å²) in [6.07, 6.45) is 3.62. The van der Waals surface area contributed by atoms with Gasteiger partial charge in [0.1, 0.15) is 11.5 Å². The highest BCUT2D eigenvalue weighted by molar-refractivity contribution is 5.47. The summed E-state index contributed by atoms with van der Waals surface area (Å²) in [6, 6.07) is 3.14. The van der Waals surface area contributed by atoms with Gasteiger partial charge in [0.2, 0.25) is 0 Å². The molecule has 0 atom stereocenters. The summed E-state index contributed by atoms with van der Waals surface area (Å²) in [5.41, 5.74) is 1.82. The number of phenolic OH excluding ortho intramolecular Hbond substituents is 2. The Morgan fingerprint density at radius 1 is 0.857 bits per heavy atom. The third-order valence-electron chi connectivity index (χ3n) is 2.38. The molecule has 0 saturated carbocycles. The van der Waals surface area contributed by atoms with Crippen molar-refractivity contribution in [1.82, 2.24) is 0 Å². The van der Waals surface area contributed by atoms with Gasteiger partial charge in [-0.25, -0.2) is 0 Å². The smallest absolute Gasteiger partial charge is 0.119 e. The first-order valence-electron chi connectivity index (χ1n) is 5.23. The molecular weight excluding hydrogens is 176 g/mol. The van der Waals surface area contributed by atoms with E-state index in [9.17, 15) is 10.2 Å². The molecule has 0 bridgehead atoms. The van der Waals surface area contributed by atoms with Crippen LogP contribution in [-0.4, -0.2) is 10.2 Å². The summed E-state index contributed by atoms with van der Waals surface area (Å²) in [5.74, 6) is 0.626. The Morgan fingerprint density at radius 3 is 1.50 bits per heavy atom. The second kappa shape index (κ2) is 4.89. The quantitative estimate of drug-likeness (QED) is 0.723. The molecule has 0 aliphatic heterocycles. The predicted molar refractivity (Wildman–Crippen MR) is 57.8 cm³/mol. The summed E-state index contributed by atoms with van der Waals surface area (Å²) >= 11 is 0. The van der Waals surface area contributed by atoms with Gasteiger partial charge in [-0.2, -0.15) is 0 Å². The van der Waals surface area contributed by atoms with Gasteiger partial charge in [-0.05, 0) is 25.0 Å². The van der Waals surface area contributed by atoms with Gasteiger partial charge in [-0.1, -0.05) is 26.7 Å². The monoisotopic (exact) mass is 194 g/mol. The second-order valence-electron chi connectivity index (χ2n) is 3.56. The lowest BCUT2D eigenvalue weighted by molar-refractivity contribution is 0.447. The van der Waals surface area contributed by atoms with Crippen LogP contribution < -0.4 is 0 Å². The van der Waals surface area contributed by atoms with Crippen LogP contribution in [0.5, 0.6) is 11.5 Å². The highest BCUT2D eigenvalue weighted by Gasteiger charge is 2.10. The summed E-state index contributed by atoms with van der Waals surface area (Å²) in [5, 5.41) is 19.3. The standard InChI is InChI=1S/C12H18O2/c1-3-5-9-10(6-4-2)12(14)8-7-11(9)13/h7-8,13-14H,3-6H2,1-2H3. The fourth-order valence-electron chi connectivity index (χ4n) is 1.73. The molecule has 0 spiro atoms. The fraction of sp³-hybridized carbons (Fsp3) is 0.500. The van der Waals surface area contributed by atoms with E-state index in [1.165, 1.54) is 0 Å². The first kappa shape index (κ1) is 10.9. The van der Waals surface area contributed by atoms with E-state index in [0.29, 0.717) is 11.5 Å².